The van der Waals surface area contributed by atoms with E-state index in [1.807, 2.05) is 0 Å². The van der Waals surface area contributed by atoms with Gasteiger partial charge in [0.15, 0.2) is 0 Å². The molecule has 0 rings (SSSR count). The van der Waals surface area contributed by atoms with Crippen LogP contribution in [-0.2, 0) is 0 Å². The Kier molecular flexibility index (Phi) is 14.4. The average Bonchev–Trinajstić information content (AvgIpc) is 2.26. The third-order valence-corrected chi connectivity index (χ3v) is 2.98. The molecule has 0 nitrogen and oxygen atoms in total. The lowest BCUT2D eigenvalue weighted by molar-refractivity contribution is 0.637. The molecule has 1 heteroatoms. The van der Waals surface area contributed by atoms with Gasteiger partial charge in [0.25, 0.3) is 0 Å². The molecular formula is C14H25I. The summed E-state index contributed by atoms with van der Waals surface area (Å²) >= 11 is 2.41. The van der Waals surface area contributed by atoms with Crippen LogP contribution in [-0.4, -0.2) is 4.43 Å². The summed E-state index contributed by atoms with van der Waals surface area (Å²) in [5.74, 6) is 0. The van der Waals surface area contributed by atoms with E-state index in [0.717, 1.165) is 6.42 Å². The highest BCUT2D eigenvalue weighted by Crippen LogP contribution is 2.05. The number of hydrogen-bond acceptors (Lipinski definition) is 0. The first-order chi connectivity index (χ1) is 7.41. The van der Waals surface area contributed by atoms with Crippen molar-refractivity contribution in [3.8, 4) is 0 Å². The number of hydrogen-bond donors (Lipinski definition) is 0. The molecule has 0 saturated heterocycles. The Hall–Kier alpha value is 0.210. The van der Waals surface area contributed by atoms with Gasteiger partial charge in [-0.3, -0.25) is 0 Å². The molecule has 0 atom stereocenters. The summed E-state index contributed by atoms with van der Waals surface area (Å²) in [4.78, 5) is 0. The molecule has 0 aliphatic heterocycles. The monoisotopic (exact) mass is 320 g/mol. The van der Waals surface area contributed by atoms with Crippen LogP contribution in [0.15, 0.2) is 24.3 Å². The molecule has 0 aliphatic carbocycles. The minimum absolute atomic E-state index is 1.12. The van der Waals surface area contributed by atoms with Crippen molar-refractivity contribution in [3.63, 3.8) is 0 Å². The van der Waals surface area contributed by atoms with E-state index in [0.29, 0.717) is 0 Å². The molecule has 0 N–H and O–H groups in total. The van der Waals surface area contributed by atoms with Crippen LogP contribution in [0.4, 0.5) is 0 Å². The third kappa shape index (κ3) is 14.2. The van der Waals surface area contributed by atoms with Crippen molar-refractivity contribution in [1.29, 1.82) is 0 Å². The lowest BCUT2D eigenvalue weighted by atomic mass is 10.1. The van der Waals surface area contributed by atoms with Crippen LogP contribution in [0, 0.1) is 0 Å². The minimum atomic E-state index is 1.12. The van der Waals surface area contributed by atoms with Crippen molar-refractivity contribution >= 4 is 22.6 Å². The smallest absolute Gasteiger partial charge is 0.00299 e. The van der Waals surface area contributed by atoms with Gasteiger partial charge < -0.3 is 0 Å². The summed E-state index contributed by atoms with van der Waals surface area (Å²) in [5.41, 5.74) is 0. The van der Waals surface area contributed by atoms with Crippen molar-refractivity contribution in [2.45, 2.75) is 58.3 Å². The van der Waals surface area contributed by atoms with Gasteiger partial charge in [0, 0.05) is 4.43 Å². The number of alkyl halides is 1. The van der Waals surface area contributed by atoms with Gasteiger partial charge in [0.2, 0.25) is 0 Å². The second-order valence-electron chi connectivity index (χ2n) is 3.86. The molecule has 88 valence electrons. The van der Waals surface area contributed by atoms with Gasteiger partial charge in [0.1, 0.15) is 0 Å². The van der Waals surface area contributed by atoms with Crippen molar-refractivity contribution in [1.82, 2.24) is 0 Å². The zero-order valence-electron chi connectivity index (χ0n) is 10.1. The molecule has 0 aromatic rings. The molecule has 0 bridgehead atoms. The predicted octanol–water partition coefficient (Wildman–Crippen LogP) is 5.67. The Bertz CT molecular complexity index is 159. The van der Waals surface area contributed by atoms with Gasteiger partial charge in [-0.25, -0.2) is 0 Å². The number of unbranched alkanes of at least 4 members (excludes halogenated alkanes) is 5. The average molecular weight is 320 g/mol. The van der Waals surface area contributed by atoms with Crippen LogP contribution >= 0.6 is 22.6 Å². The van der Waals surface area contributed by atoms with Crippen molar-refractivity contribution in [2.24, 2.45) is 0 Å². The topological polar surface area (TPSA) is 0 Å². The molecule has 0 heterocycles. The first-order valence-electron chi connectivity index (χ1n) is 6.27. The van der Waals surface area contributed by atoms with Crippen LogP contribution in [0.25, 0.3) is 0 Å². The fourth-order valence-corrected chi connectivity index (χ4v) is 1.80. The van der Waals surface area contributed by atoms with Gasteiger partial charge >= 0.3 is 0 Å². The van der Waals surface area contributed by atoms with E-state index in [-0.39, 0.29) is 0 Å². The first kappa shape index (κ1) is 15.2. The third-order valence-electron chi connectivity index (χ3n) is 2.36. The maximum Gasteiger partial charge on any atom is 0.00299 e. The fraction of sp³-hybridized carbons (Fsp3) is 0.714. The van der Waals surface area contributed by atoms with Crippen LogP contribution in [0.1, 0.15) is 58.3 Å². The summed E-state index contributed by atoms with van der Waals surface area (Å²) in [5, 5.41) is 0. The summed E-state index contributed by atoms with van der Waals surface area (Å²) in [6.07, 6.45) is 19.7. The van der Waals surface area contributed by atoms with Crippen molar-refractivity contribution in [2.75, 3.05) is 4.43 Å². The predicted molar refractivity (Wildman–Crippen MR) is 79.8 cm³/mol. The lowest BCUT2D eigenvalue weighted by Crippen LogP contribution is -1.75. The highest BCUT2D eigenvalue weighted by atomic mass is 127. The highest BCUT2D eigenvalue weighted by Gasteiger charge is 1.85. The summed E-state index contributed by atoms with van der Waals surface area (Å²) in [6.45, 7) is 2.27. The van der Waals surface area contributed by atoms with Gasteiger partial charge in [-0.05, 0) is 25.7 Å². The summed E-state index contributed by atoms with van der Waals surface area (Å²) in [6, 6.07) is 0. The van der Waals surface area contributed by atoms with Gasteiger partial charge in [0.05, 0.1) is 0 Å². The highest BCUT2D eigenvalue weighted by molar-refractivity contribution is 14.1. The summed E-state index contributed by atoms with van der Waals surface area (Å²) < 4.78 is 1.23. The number of halogens is 1. The van der Waals surface area contributed by atoms with Gasteiger partial charge in [-0.15, -0.1) is 0 Å². The van der Waals surface area contributed by atoms with E-state index >= 15 is 0 Å². The molecule has 0 amide bonds. The number of allylic oxidation sites excluding steroid dienone is 4. The molecule has 0 aromatic heterocycles. The normalized spacial score (nSPS) is 11.9. The molecule has 0 unspecified atom stereocenters. The fourth-order valence-electron chi connectivity index (χ4n) is 1.44. The van der Waals surface area contributed by atoms with Crippen molar-refractivity contribution < 1.29 is 0 Å². The maximum absolute atomic E-state index is 2.41. The van der Waals surface area contributed by atoms with E-state index in [2.05, 4.69) is 53.8 Å². The summed E-state index contributed by atoms with van der Waals surface area (Å²) in [7, 11) is 0. The van der Waals surface area contributed by atoms with E-state index in [1.54, 1.807) is 0 Å². The second kappa shape index (κ2) is 14.2. The van der Waals surface area contributed by atoms with Crippen LogP contribution in [0.5, 0.6) is 0 Å². The molecule has 0 spiro atoms. The van der Waals surface area contributed by atoms with Gasteiger partial charge in [-0.1, -0.05) is 79.5 Å². The molecular weight excluding hydrogens is 295 g/mol. The Morgan fingerprint density at radius 1 is 0.800 bits per heavy atom. The first-order valence-corrected chi connectivity index (χ1v) is 7.80. The molecule has 0 fully saturated rings. The molecule has 0 aromatic carbocycles. The Morgan fingerprint density at radius 2 is 1.47 bits per heavy atom. The zero-order chi connectivity index (χ0) is 11.2. The maximum atomic E-state index is 2.41. The van der Waals surface area contributed by atoms with E-state index in [1.165, 1.54) is 49.4 Å². The van der Waals surface area contributed by atoms with Gasteiger partial charge in [-0.2, -0.15) is 0 Å². The number of rotatable bonds is 10. The molecule has 0 saturated carbocycles. The van der Waals surface area contributed by atoms with Crippen LogP contribution < -0.4 is 0 Å². The Morgan fingerprint density at radius 3 is 2.13 bits per heavy atom. The molecule has 15 heavy (non-hydrogen) atoms. The van der Waals surface area contributed by atoms with E-state index in [4.69, 9.17) is 0 Å². The Labute approximate surface area is 109 Å². The van der Waals surface area contributed by atoms with E-state index in [9.17, 15) is 0 Å². The quantitative estimate of drug-likeness (QED) is 0.210. The minimum Gasteiger partial charge on any atom is -0.0882 e. The second-order valence-corrected chi connectivity index (χ2v) is 4.94. The standard InChI is InChI=1S/C14H25I/c1-2-3-4-5-6-7-8-9-10-11-12-13-14-15/h8-9,11-12H,2-7,10,13-14H2,1H3/b9-8+,12-11+. The van der Waals surface area contributed by atoms with Crippen LogP contribution in [0.2, 0.25) is 0 Å². The SMILES string of the molecule is CCCCCCC/C=C/C/C=C/CCI. The van der Waals surface area contributed by atoms with E-state index < -0.39 is 0 Å². The lowest BCUT2D eigenvalue weighted by Gasteiger charge is -1.95. The molecule has 0 radical (unpaired) electrons. The van der Waals surface area contributed by atoms with Crippen LogP contribution in [0.3, 0.4) is 0 Å². The largest absolute Gasteiger partial charge is 0.0882 e. The Balaban J connectivity index is 3.10. The molecule has 0 aliphatic rings. The van der Waals surface area contributed by atoms with Crippen molar-refractivity contribution in [3.05, 3.63) is 24.3 Å². The zero-order valence-corrected chi connectivity index (χ0v) is 12.2.